The largest absolute Gasteiger partial charge is 0.350 e. The van der Waals surface area contributed by atoms with Gasteiger partial charge in [0.25, 0.3) is 0 Å². The molecule has 1 aromatic rings. The van der Waals surface area contributed by atoms with Crippen molar-refractivity contribution in [2.75, 3.05) is 5.88 Å². The normalized spacial score (nSPS) is 12.2. The zero-order chi connectivity index (χ0) is 12.1. The van der Waals surface area contributed by atoms with Crippen LogP contribution in [0.2, 0.25) is 10.0 Å². The molecular formula is C11H12Cl3NO. The second kappa shape index (κ2) is 6.33. The molecule has 0 fully saturated rings. The minimum absolute atomic E-state index is 0.0754. The Kier molecular flexibility index (Phi) is 5.39. The molecule has 1 amide bonds. The van der Waals surface area contributed by atoms with Crippen LogP contribution >= 0.6 is 34.8 Å². The molecule has 0 aliphatic heterocycles. The molecule has 0 aliphatic carbocycles. The monoisotopic (exact) mass is 279 g/mol. The molecule has 0 aromatic heterocycles. The average molecular weight is 281 g/mol. The molecule has 0 heterocycles. The van der Waals surface area contributed by atoms with Crippen LogP contribution in [0.3, 0.4) is 0 Å². The molecular weight excluding hydrogens is 268 g/mol. The van der Waals surface area contributed by atoms with Crippen LogP contribution in [0, 0.1) is 0 Å². The van der Waals surface area contributed by atoms with Crippen molar-refractivity contribution in [3.63, 3.8) is 0 Å². The van der Waals surface area contributed by atoms with Crippen LogP contribution in [0.1, 0.15) is 24.9 Å². The summed E-state index contributed by atoms with van der Waals surface area (Å²) in [5, 5.41) is 3.81. The highest BCUT2D eigenvalue weighted by Crippen LogP contribution is 2.25. The Bertz CT molecular complexity index is 381. The van der Waals surface area contributed by atoms with Gasteiger partial charge in [-0.1, -0.05) is 29.3 Å². The predicted molar refractivity (Wildman–Crippen MR) is 68.4 cm³/mol. The van der Waals surface area contributed by atoms with E-state index in [-0.39, 0.29) is 11.9 Å². The van der Waals surface area contributed by atoms with Gasteiger partial charge in [-0.2, -0.15) is 0 Å². The molecule has 5 heteroatoms. The van der Waals surface area contributed by atoms with E-state index in [1.165, 1.54) is 0 Å². The molecule has 0 spiro atoms. The van der Waals surface area contributed by atoms with E-state index in [0.29, 0.717) is 22.3 Å². The summed E-state index contributed by atoms with van der Waals surface area (Å²) in [6.45, 7) is 1.88. The van der Waals surface area contributed by atoms with Gasteiger partial charge in [-0.15, -0.1) is 11.6 Å². The highest BCUT2D eigenvalue weighted by atomic mass is 35.5. The number of hydrogen-bond acceptors (Lipinski definition) is 1. The molecule has 1 atom stereocenters. The second-order valence-electron chi connectivity index (χ2n) is 3.40. The third-order valence-corrected chi connectivity index (χ3v) is 3.07. The number of amides is 1. The summed E-state index contributed by atoms with van der Waals surface area (Å²) >= 11 is 17.2. The van der Waals surface area contributed by atoms with E-state index in [2.05, 4.69) is 5.32 Å². The van der Waals surface area contributed by atoms with Crippen molar-refractivity contribution < 1.29 is 4.79 Å². The first-order valence-electron chi connectivity index (χ1n) is 4.85. The lowest BCUT2D eigenvalue weighted by atomic mass is 10.1. The maximum atomic E-state index is 11.3. The summed E-state index contributed by atoms with van der Waals surface area (Å²) in [5.74, 6) is 0.244. The van der Waals surface area contributed by atoms with Crippen LogP contribution in [0.15, 0.2) is 18.2 Å². The number of halogens is 3. The van der Waals surface area contributed by atoms with Gasteiger partial charge in [0, 0.05) is 12.3 Å². The molecule has 2 nitrogen and oxygen atoms in total. The lowest BCUT2D eigenvalue weighted by Gasteiger charge is -2.14. The van der Waals surface area contributed by atoms with Crippen LogP contribution < -0.4 is 5.32 Å². The fourth-order valence-electron chi connectivity index (χ4n) is 1.26. The first-order valence-corrected chi connectivity index (χ1v) is 6.14. The molecule has 0 saturated carbocycles. The molecule has 88 valence electrons. The van der Waals surface area contributed by atoms with Crippen molar-refractivity contribution in [3.8, 4) is 0 Å². The quantitative estimate of drug-likeness (QED) is 0.835. The van der Waals surface area contributed by atoms with Crippen LogP contribution in [0.4, 0.5) is 0 Å². The Balaban J connectivity index is 2.69. The van der Waals surface area contributed by atoms with Crippen molar-refractivity contribution in [2.45, 2.75) is 19.4 Å². The van der Waals surface area contributed by atoms with E-state index < -0.39 is 0 Å². The molecule has 1 unspecified atom stereocenters. The van der Waals surface area contributed by atoms with Crippen molar-refractivity contribution in [3.05, 3.63) is 33.8 Å². The zero-order valence-corrected chi connectivity index (χ0v) is 11.0. The lowest BCUT2D eigenvalue weighted by Crippen LogP contribution is -2.26. The molecule has 1 rings (SSSR count). The maximum Gasteiger partial charge on any atom is 0.221 e. The average Bonchev–Trinajstić information content (AvgIpc) is 2.22. The third kappa shape index (κ3) is 3.85. The molecule has 0 bridgehead atoms. The van der Waals surface area contributed by atoms with E-state index in [0.717, 1.165) is 5.56 Å². The minimum atomic E-state index is -0.106. The SMILES string of the molecule is CC(NC(=O)CCCl)c1ccc(Cl)c(Cl)c1. The highest BCUT2D eigenvalue weighted by Gasteiger charge is 2.10. The highest BCUT2D eigenvalue weighted by molar-refractivity contribution is 6.42. The maximum absolute atomic E-state index is 11.3. The first-order chi connectivity index (χ1) is 7.54. The zero-order valence-electron chi connectivity index (χ0n) is 8.77. The molecule has 1 aromatic carbocycles. The number of rotatable bonds is 4. The van der Waals surface area contributed by atoms with Gasteiger partial charge in [-0.3, -0.25) is 4.79 Å². The number of nitrogens with one attached hydrogen (secondary N) is 1. The third-order valence-electron chi connectivity index (χ3n) is 2.14. The van der Waals surface area contributed by atoms with Crippen molar-refractivity contribution >= 4 is 40.7 Å². The van der Waals surface area contributed by atoms with Gasteiger partial charge in [0.05, 0.1) is 16.1 Å². The number of alkyl halides is 1. The van der Waals surface area contributed by atoms with Crippen LogP contribution in [0.25, 0.3) is 0 Å². The lowest BCUT2D eigenvalue weighted by molar-refractivity contribution is -0.121. The van der Waals surface area contributed by atoms with Gasteiger partial charge >= 0.3 is 0 Å². The summed E-state index contributed by atoms with van der Waals surface area (Å²) in [6, 6.07) is 5.18. The Labute approximate surface area is 110 Å². The smallest absolute Gasteiger partial charge is 0.221 e. The van der Waals surface area contributed by atoms with E-state index in [1.807, 2.05) is 13.0 Å². The van der Waals surface area contributed by atoms with Gasteiger partial charge < -0.3 is 5.32 Å². The Hall–Kier alpha value is -0.440. The summed E-state index contributed by atoms with van der Waals surface area (Å²) in [5.41, 5.74) is 0.914. The Morgan fingerprint density at radius 2 is 2.06 bits per heavy atom. The fourth-order valence-corrected chi connectivity index (χ4v) is 1.74. The first kappa shape index (κ1) is 13.6. The molecule has 16 heavy (non-hydrogen) atoms. The Morgan fingerprint density at radius 3 is 2.62 bits per heavy atom. The predicted octanol–water partition coefficient (Wildman–Crippen LogP) is 3.80. The van der Waals surface area contributed by atoms with Crippen LogP contribution in [-0.4, -0.2) is 11.8 Å². The minimum Gasteiger partial charge on any atom is -0.350 e. The fraction of sp³-hybridized carbons (Fsp3) is 0.364. The number of benzene rings is 1. The summed E-state index contributed by atoms with van der Waals surface area (Å²) in [6.07, 6.45) is 0.313. The van der Waals surface area contributed by atoms with E-state index >= 15 is 0 Å². The molecule has 0 aliphatic rings. The molecule has 0 saturated heterocycles. The van der Waals surface area contributed by atoms with E-state index in [9.17, 15) is 4.79 Å². The summed E-state index contributed by atoms with van der Waals surface area (Å²) < 4.78 is 0. The number of carbonyl (C=O) groups excluding carboxylic acids is 1. The number of hydrogen-bond donors (Lipinski definition) is 1. The van der Waals surface area contributed by atoms with E-state index in [1.54, 1.807) is 12.1 Å². The molecule has 0 radical (unpaired) electrons. The van der Waals surface area contributed by atoms with E-state index in [4.69, 9.17) is 34.8 Å². The van der Waals surface area contributed by atoms with Crippen LogP contribution in [-0.2, 0) is 4.79 Å². The van der Waals surface area contributed by atoms with Gasteiger partial charge in [0.15, 0.2) is 0 Å². The van der Waals surface area contributed by atoms with Gasteiger partial charge in [0.1, 0.15) is 0 Å². The second-order valence-corrected chi connectivity index (χ2v) is 4.59. The van der Waals surface area contributed by atoms with Crippen molar-refractivity contribution in [1.82, 2.24) is 5.32 Å². The Morgan fingerprint density at radius 1 is 1.38 bits per heavy atom. The standard InChI is InChI=1S/C11H12Cl3NO/c1-7(15-11(16)4-5-12)8-2-3-9(13)10(14)6-8/h2-3,6-7H,4-5H2,1H3,(H,15,16). The van der Waals surface area contributed by atoms with Crippen molar-refractivity contribution in [2.24, 2.45) is 0 Å². The molecule has 1 N–H and O–H groups in total. The number of carbonyl (C=O) groups is 1. The van der Waals surface area contributed by atoms with Gasteiger partial charge in [-0.05, 0) is 24.6 Å². The summed E-state index contributed by atoms with van der Waals surface area (Å²) in [4.78, 5) is 11.3. The van der Waals surface area contributed by atoms with Gasteiger partial charge in [0.2, 0.25) is 5.91 Å². The van der Waals surface area contributed by atoms with Gasteiger partial charge in [-0.25, -0.2) is 0 Å². The van der Waals surface area contributed by atoms with Crippen LogP contribution in [0.5, 0.6) is 0 Å². The van der Waals surface area contributed by atoms with Crippen molar-refractivity contribution in [1.29, 1.82) is 0 Å². The topological polar surface area (TPSA) is 29.1 Å². The summed E-state index contributed by atoms with van der Waals surface area (Å²) in [7, 11) is 0.